The molecule has 0 saturated heterocycles. The highest BCUT2D eigenvalue weighted by atomic mass is 16.1. The lowest BCUT2D eigenvalue weighted by Crippen LogP contribution is -1.97. The van der Waals surface area contributed by atoms with Crippen molar-refractivity contribution >= 4 is 11.6 Å². The first-order valence-electron chi connectivity index (χ1n) is 7.82. The second-order valence-corrected chi connectivity index (χ2v) is 5.67. The van der Waals surface area contributed by atoms with Crippen molar-refractivity contribution in [2.45, 2.75) is 41.5 Å². The van der Waals surface area contributed by atoms with Gasteiger partial charge in [0, 0.05) is 11.1 Å². The molecule has 0 aromatic heterocycles. The third-order valence-corrected chi connectivity index (χ3v) is 3.47. The number of hydrogen-bond acceptors (Lipinski definition) is 2. The van der Waals surface area contributed by atoms with Gasteiger partial charge in [-0.2, -0.15) is 0 Å². The summed E-state index contributed by atoms with van der Waals surface area (Å²) < 4.78 is 0. The van der Waals surface area contributed by atoms with Gasteiger partial charge in [0.25, 0.3) is 0 Å². The molecule has 1 aromatic carbocycles. The summed E-state index contributed by atoms with van der Waals surface area (Å²) in [6.45, 7) is 14.9. The normalized spacial score (nSPS) is 11.6. The Labute approximate surface area is 140 Å². The van der Waals surface area contributed by atoms with E-state index in [0.717, 1.165) is 11.1 Å². The van der Waals surface area contributed by atoms with Crippen LogP contribution in [0, 0.1) is 12.8 Å². The fourth-order valence-electron chi connectivity index (χ4n) is 2.04. The molecule has 2 heteroatoms. The van der Waals surface area contributed by atoms with Crippen LogP contribution in [-0.2, 0) is 4.79 Å². The second-order valence-electron chi connectivity index (χ2n) is 5.67. The Balaban J connectivity index is 0.000000433. The van der Waals surface area contributed by atoms with E-state index in [4.69, 9.17) is 0 Å². The van der Waals surface area contributed by atoms with Crippen LogP contribution in [0.3, 0.4) is 0 Å². The van der Waals surface area contributed by atoms with Crippen molar-refractivity contribution in [3.8, 4) is 0 Å². The van der Waals surface area contributed by atoms with Crippen LogP contribution in [-0.4, -0.2) is 11.6 Å². The van der Waals surface area contributed by atoms with E-state index in [-0.39, 0.29) is 11.6 Å². The van der Waals surface area contributed by atoms with E-state index in [1.54, 1.807) is 19.9 Å². The van der Waals surface area contributed by atoms with E-state index in [2.05, 4.69) is 20.4 Å². The number of benzene rings is 1. The van der Waals surface area contributed by atoms with Crippen LogP contribution in [0.5, 0.6) is 0 Å². The number of hydrogen-bond donors (Lipinski definition) is 0. The molecule has 1 rings (SSSR count). The number of allylic oxidation sites excluding steroid dienone is 5. The highest BCUT2D eigenvalue weighted by molar-refractivity contribution is 5.96. The minimum atomic E-state index is 0.0648. The average molecular weight is 312 g/mol. The molecule has 124 valence electrons. The topological polar surface area (TPSA) is 34.1 Å². The number of Topliss-reactive ketones (excluding diaryl/α,β-unsaturated/α-hetero) is 2. The summed E-state index contributed by atoms with van der Waals surface area (Å²) in [6, 6.07) is 7.60. The highest BCUT2D eigenvalue weighted by Gasteiger charge is 2.03. The van der Waals surface area contributed by atoms with Gasteiger partial charge >= 0.3 is 0 Å². The average Bonchev–Trinajstić information content (AvgIpc) is 2.48. The summed E-state index contributed by atoms with van der Waals surface area (Å²) >= 11 is 0. The van der Waals surface area contributed by atoms with Crippen molar-refractivity contribution in [2.75, 3.05) is 0 Å². The van der Waals surface area contributed by atoms with Crippen LogP contribution in [0.1, 0.15) is 50.5 Å². The summed E-state index contributed by atoms with van der Waals surface area (Å²) in [5.41, 5.74) is 3.73. The molecule has 0 aliphatic rings. The molecule has 2 nitrogen and oxygen atoms in total. The van der Waals surface area contributed by atoms with Crippen molar-refractivity contribution in [2.24, 2.45) is 5.92 Å². The monoisotopic (exact) mass is 312 g/mol. The Hall–Kier alpha value is -2.22. The minimum absolute atomic E-state index is 0.0648. The summed E-state index contributed by atoms with van der Waals surface area (Å²) in [7, 11) is 0. The SMILES string of the molecule is C=C/C(=C\C(=C/C)C(C)C)C(C)=O.CC(=O)c1ccccc1C. The van der Waals surface area contributed by atoms with Gasteiger partial charge in [-0.25, -0.2) is 0 Å². The van der Waals surface area contributed by atoms with Crippen molar-refractivity contribution in [1.82, 2.24) is 0 Å². The quantitative estimate of drug-likeness (QED) is 0.409. The number of rotatable bonds is 5. The van der Waals surface area contributed by atoms with Crippen molar-refractivity contribution in [3.05, 3.63) is 71.3 Å². The maximum atomic E-state index is 11.1. The van der Waals surface area contributed by atoms with Gasteiger partial charge in [0.2, 0.25) is 0 Å². The summed E-state index contributed by atoms with van der Waals surface area (Å²) in [6.07, 6.45) is 5.53. The van der Waals surface area contributed by atoms with E-state index >= 15 is 0 Å². The van der Waals surface area contributed by atoms with Crippen LogP contribution in [0.2, 0.25) is 0 Å². The Bertz CT molecular complexity index is 616. The molecule has 0 unspecified atom stereocenters. The molecular weight excluding hydrogens is 284 g/mol. The molecule has 0 spiro atoms. The van der Waals surface area contributed by atoms with Crippen molar-refractivity contribution in [3.63, 3.8) is 0 Å². The van der Waals surface area contributed by atoms with Crippen LogP contribution in [0.4, 0.5) is 0 Å². The summed E-state index contributed by atoms with van der Waals surface area (Å²) in [4.78, 5) is 21.9. The maximum absolute atomic E-state index is 11.1. The predicted octanol–water partition coefficient (Wildman–Crippen LogP) is 5.49. The standard InChI is InChI=1S/C12H18O.C9H10O/c1-6-11(9(3)4)8-12(7-2)10(5)13;1-7-5-3-4-6-9(7)8(2)10/h6-9H,2H2,1,3-5H3;3-6H,1-2H3/b11-6+,12-8+;. The lowest BCUT2D eigenvalue weighted by molar-refractivity contribution is -0.113. The fraction of sp³-hybridized carbons (Fsp3) is 0.333. The van der Waals surface area contributed by atoms with Crippen molar-refractivity contribution in [1.29, 1.82) is 0 Å². The lowest BCUT2D eigenvalue weighted by Gasteiger charge is -2.06. The van der Waals surface area contributed by atoms with Gasteiger partial charge in [-0.1, -0.05) is 56.8 Å². The van der Waals surface area contributed by atoms with E-state index in [1.165, 1.54) is 5.57 Å². The molecule has 0 amide bonds. The molecule has 23 heavy (non-hydrogen) atoms. The van der Waals surface area contributed by atoms with Crippen LogP contribution >= 0.6 is 0 Å². The Kier molecular flexibility index (Phi) is 9.48. The smallest absolute Gasteiger partial charge is 0.160 e. The highest BCUT2D eigenvalue weighted by Crippen LogP contribution is 2.14. The fourth-order valence-corrected chi connectivity index (χ4v) is 2.04. The number of ketones is 2. The largest absolute Gasteiger partial charge is 0.295 e. The Morgan fingerprint density at radius 2 is 1.70 bits per heavy atom. The zero-order valence-corrected chi connectivity index (χ0v) is 15.1. The number of aryl methyl sites for hydroxylation is 1. The molecule has 0 aliphatic heterocycles. The van der Waals surface area contributed by atoms with Gasteiger partial charge in [-0.05, 0) is 50.8 Å². The molecule has 0 heterocycles. The first-order chi connectivity index (χ1) is 10.7. The lowest BCUT2D eigenvalue weighted by atomic mass is 9.99. The first-order valence-corrected chi connectivity index (χ1v) is 7.82. The van der Waals surface area contributed by atoms with Gasteiger partial charge in [0.1, 0.15) is 0 Å². The van der Waals surface area contributed by atoms with E-state index in [0.29, 0.717) is 11.5 Å². The van der Waals surface area contributed by atoms with E-state index in [1.807, 2.05) is 50.3 Å². The molecule has 0 atom stereocenters. The zero-order valence-electron chi connectivity index (χ0n) is 15.1. The van der Waals surface area contributed by atoms with Crippen LogP contribution < -0.4 is 0 Å². The number of carbonyl (C=O) groups excluding carboxylic acids is 2. The van der Waals surface area contributed by atoms with Gasteiger partial charge in [0.05, 0.1) is 0 Å². The first kappa shape index (κ1) is 20.8. The third kappa shape index (κ3) is 7.55. The van der Waals surface area contributed by atoms with Gasteiger partial charge in [0.15, 0.2) is 11.6 Å². The van der Waals surface area contributed by atoms with Gasteiger partial charge < -0.3 is 0 Å². The van der Waals surface area contributed by atoms with E-state index < -0.39 is 0 Å². The third-order valence-electron chi connectivity index (χ3n) is 3.47. The van der Waals surface area contributed by atoms with Crippen LogP contribution in [0.25, 0.3) is 0 Å². The maximum Gasteiger partial charge on any atom is 0.160 e. The summed E-state index contributed by atoms with van der Waals surface area (Å²) in [5, 5.41) is 0. The predicted molar refractivity (Wildman–Crippen MR) is 98.7 cm³/mol. The molecule has 0 fully saturated rings. The molecule has 0 aliphatic carbocycles. The van der Waals surface area contributed by atoms with Crippen LogP contribution in [0.15, 0.2) is 60.2 Å². The molecule has 0 saturated carbocycles. The van der Waals surface area contributed by atoms with E-state index in [9.17, 15) is 9.59 Å². The minimum Gasteiger partial charge on any atom is -0.295 e. The Morgan fingerprint density at radius 3 is 2.00 bits per heavy atom. The molecule has 0 N–H and O–H groups in total. The molecular formula is C21H28O2. The van der Waals surface area contributed by atoms with Gasteiger partial charge in [-0.15, -0.1) is 0 Å². The van der Waals surface area contributed by atoms with Crippen molar-refractivity contribution < 1.29 is 9.59 Å². The molecule has 0 radical (unpaired) electrons. The number of carbonyl (C=O) groups is 2. The Morgan fingerprint density at radius 1 is 1.13 bits per heavy atom. The summed E-state index contributed by atoms with van der Waals surface area (Å²) in [5.74, 6) is 0.646. The second kappa shape index (κ2) is 10.5. The molecule has 0 bridgehead atoms. The van der Waals surface area contributed by atoms with Gasteiger partial charge in [-0.3, -0.25) is 9.59 Å². The zero-order chi connectivity index (χ0) is 18.0. The molecule has 1 aromatic rings.